The van der Waals surface area contributed by atoms with E-state index in [1.165, 1.54) is 13.0 Å². The fourth-order valence-electron chi connectivity index (χ4n) is 1.72. The Balaban J connectivity index is 2.39. The van der Waals surface area contributed by atoms with Crippen LogP contribution in [0.3, 0.4) is 0 Å². The summed E-state index contributed by atoms with van der Waals surface area (Å²) in [6.07, 6.45) is 1.52. The van der Waals surface area contributed by atoms with Gasteiger partial charge in [-0.05, 0) is 17.7 Å². The zero-order valence-electron chi connectivity index (χ0n) is 11.1. The Morgan fingerprint density at radius 1 is 1.62 bits per heavy atom. The van der Waals surface area contributed by atoms with Gasteiger partial charge in [0.1, 0.15) is 6.07 Å². The molecule has 0 aliphatic rings. The molecule has 0 amide bonds. The summed E-state index contributed by atoms with van der Waals surface area (Å²) >= 11 is 6.03. The van der Waals surface area contributed by atoms with Gasteiger partial charge in [0, 0.05) is 12.6 Å². The van der Waals surface area contributed by atoms with Crippen molar-refractivity contribution in [3.8, 4) is 6.07 Å². The fourth-order valence-corrected chi connectivity index (χ4v) is 1.99. The molecule has 0 aliphatic carbocycles. The summed E-state index contributed by atoms with van der Waals surface area (Å²) in [6, 6.07) is 5.23. The number of benzene rings is 1. The van der Waals surface area contributed by atoms with E-state index in [4.69, 9.17) is 22.6 Å². The van der Waals surface area contributed by atoms with Gasteiger partial charge < -0.3 is 11.1 Å². The Morgan fingerprint density at radius 2 is 2.33 bits per heavy atom. The van der Waals surface area contributed by atoms with Gasteiger partial charge in [-0.25, -0.2) is 0 Å². The van der Waals surface area contributed by atoms with Crippen molar-refractivity contribution >= 4 is 41.2 Å². The fraction of sp³-hybridized carbons (Fsp3) is 0.0769. The lowest BCUT2D eigenvalue weighted by molar-refractivity contribution is 0.0924. The van der Waals surface area contributed by atoms with E-state index in [2.05, 4.69) is 22.0 Å². The third kappa shape index (κ3) is 2.85. The van der Waals surface area contributed by atoms with Gasteiger partial charge in [-0.15, -0.1) is 5.10 Å². The molecule has 3 N–H and O–H groups in total. The number of nitriles is 1. The molecule has 8 heteroatoms. The lowest BCUT2D eigenvalue weighted by atomic mass is 10.1. The number of aromatic nitrogens is 3. The molecule has 21 heavy (non-hydrogen) atoms. The van der Waals surface area contributed by atoms with Gasteiger partial charge in [-0.3, -0.25) is 4.79 Å². The number of nitrogen functional groups attached to an aromatic ring is 1. The van der Waals surface area contributed by atoms with E-state index in [9.17, 15) is 4.79 Å². The van der Waals surface area contributed by atoms with E-state index in [0.717, 1.165) is 4.68 Å². The first-order valence-electron chi connectivity index (χ1n) is 5.83. The van der Waals surface area contributed by atoms with Crippen molar-refractivity contribution in [3.05, 3.63) is 34.9 Å². The first-order valence-corrected chi connectivity index (χ1v) is 6.20. The Kier molecular flexibility index (Phi) is 3.91. The predicted octanol–water partition coefficient (Wildman–Crippen LogP) is 2.43. The maximum atomic E-state index is 11.3. The number of carbonyl (C=O) groups is 1. The molecule has 1 aromatic carbocycles. The molecule has 0 fully saturated rings. The van der Waals surface area contributed by atoms with E-state index in [1.54, 1.807) is 12.1 Å². The predicted molar refractivity (Wildman–Crippen MR) is 80.3 cm³/mol. The minimum Gasteiger partial charge on any atom is -0.368 e. The normalized spacial score (nSPS) is 9.95. The molecule has 2 rings (SSSR count). The number of nitrogens with zero attached hydrogens (tertiary/aromatic N) is 4. The van der Waals surface area contributed by atoms with E-state index in [-0.39, 0.29) is 22.8 Å². The second-order valence-electron chi connectivity index (χ2n) is 4.09. The molecule has 7 nitrogen and oxygen atoms in total. The van der Waals surface area contributed by atoms with Gasteiger partial charge >= 0.3 is 0 Å². The minimum atomic E-state index is -0.349. The number of carbonyl (C=O) groups excluding carboxylic acids is 1. The quantitative estimate of drug-likeness (QED) is 0.901. The third-order valence-electron chi connectivity index (χ3n) is 2.64. The van der Waals surface area contributed by atoms with E-state index < -0.39 is 0 Å². The summed E-state index contributed by atoms with van der Waals surface area (Å²) in [7, 11) is 0. The first-order chi connectivity index (χ1) is 9.96. The zero-order valence-corrected chi connectivity index (χ0v) is 11.8. The van der Waals surface area contributed by atoms with Crippen molar-refractivity contribution in [2.45, 2.75) is 6.92 Å². The average molecular weight is 303 g/mol. The number of halogens is 1. The monoisotopic (exact) mass is 302 g/mol. The largest absolute Gasteiger partial charge is 0.368 e. The van der Waals surface area contributed by atoms with Crippen molar-refractivity contribution in [2.75, 3.05) is 11.1 Å². The number of nitrogens with one attached hydrogen (secondary N) is 1. The van der Waals surface area contributed by atoms with Crippen LogP contribution in [-0.4, -0.2) is 20.7 Å². The molecule has 2 aromatic rings. The molecule has 0 aliphatic heterocycles. The second kappa shape index (κ2) is 5.64. The summed E-state index contributed by atoms with van der Waals surface area (Å²) in [4.78, 5) is 15.2. The van der Waals surface area contributed by atoms with Gasteiger partial charge in [0.25, 0.3) is 0 Å². The van der Waals surface area contributed by atoms with Crippen LogP contribution in [0.4, 0.5) is 17.6 Å². The summed E-state index contributed by atoms with van der Waals surface area (Å²) < 4.78 is 0.974. The number of hydrogen-bond donors (Lipinski definition) is 2. The average Bonchev–Trinajstić information content (AvgIpc) is 2.79. The smallest absolute Gasteiger partial charge is 0.248 e. The maximum absolute atomic E-state index is 11.3. The molecule has 0 unspecified atom stereocenters. The molecule has 0 atom stereocenters. The number of anilines is 3. The molecule has 0 saturated carbocycles. The highest BCUT2D eigenvalue weighted by Gasteiger charge is 2.12. The van der Waals surface area contributed by atoms with Crippen LogP contribution in [0.1, 0.15) is 22.8 Å². The van der Waals surface area contributed by atoms with Crippen LogP contribution in [0, 0.1) is 11.3 Å². The molecule has 0 radical (unpaired) electrons. The number of hydrogen-bond acceptors (Lipinski definition) is 6. The molecule has 0 bridgehead atoms. The molecular formula is C13H11ClN6O. The minimum absolute atomic E-state index is 0.0197. The van der Waals surface area contributed by atoms with Crippen LogP contribution in [0.5, 0.6) is 0 Å². The number of nitrogens with two attached hydrogens (primary N) is 1. The SMILES string of the molecule is C=Cc1cc(Nc2nc(N)n(C(C)=O)n2)cc(Cl)c1C#N. The highest BCUT2D eigenvalue weighted by molar-refractivity contribution is 6.32. The standard InChI is InChI=1S/C13H11ClN6O/c1-3-8-4-9(5-11(14)10(8)6-15)17-13-18-12(16)20(19-13)7(2)21/h3-5H,1H2,2H3,(H3,16,17,18,19). The van der Waals surface area contributed by atoms with Crippen LogP contribution in [-0.2, 0) is 0 Å². The summed E-state index contributed by atoms with van der Waals surface area (Å²) in [5.74, 6) is -0.218. The van der Waals surface area contributed by atoms with Crippen molar-refractivity contribution in [2.24, 2.45) is 0 Å². The molecule has 1 heterocycles. The van der Waals surface area contributed by atoms with Gasteiger partial charge in [0.05, 0.1) is 10.6 Å². The number of rotatable bonds is 3. The first kappa shape index (κ1) is 14.6. The van der Waals surface area contributed by atoms with Gasteiger partial charge in [-0.1, -0.05) is 24.3 Å². The molecular weight excluding hydrogens is 292 g/mol. The molecule has 0 spiro atoms. The summed E-state index contributed by atoms with van der Waals surface area (Å²) in [6.45, 7) is 4.96. The summed E-state index contributed by atoms with van der Waals surface area (Å²) in [5, 5.41) is 16.1. The van der Waals surface area contributed by atoms with Crippen molar-refractivity contribution in [1.82, 2.24) is 14.8 Å². The van der Waals surface area contributed by atoms with Gasteiger partial charge in [0.15, 0.2) is 0 Å². The van der Waals surface area contributed by atoms with Crippen molar-refractivity contribution < 1.29 is 4.79 Å². The highest BCUT2D eigenvalue weighted by atomic mass is 35.5. The zero-order chi connectivity index (χ0) is 15.6. The van der Waals surface area contributed by atoms with Gasteiger partial charge in [0.2, 0.25) is 17.8 Å². The lowest BCUT2D eigenvalue weighted by Gasteiger charge is -2.06. The van der Waals surface area contributed by atoms with Crippen LogP contribution in [0.2, 0.25) is 5.02 Å². The lowest BCUT2D eigenvalue weighted by Crippen LogP contribution is -2.11. The van der Waals surface area contributed by atoms with Gasteiger partial charge in [-0.2, -0.15) is 14.9 Å². The van der Waals surface area contributed by atoms with Crippen LogP contribution >= 0.6 is 11.6 Å². The Hall–Kier alpha value is -2.85. The van der Waals surface area contributed by atoms with Crippen LogP contribution < -0.4 is 11.1 Å². The van der Waals surface area contributed by atoms with Crippen molar-refractivity contribution in [3.63, 3.8) is 0 Å². The molecule has 0 saturated heterocycles. The van der Waals surface area contributed by atoms with E-state index in [0.29, 0.717) is 16.8 Å². The van der Waals surface area contributed by atoms with Crippen LogP contribution in [0.15, 0.2) is 18.7 Å². The van der Waals surface area contributed by atoms with Crippen molar-refractivity contribution in [1.29, 1.82) is 5.26 Å². The Morgan fingerprint density at radius 3 is 2.86 bits per heavy atom. The second-order valence-corrected chi connectivity index (χ2v) is 4.49. The maximum Gasteiger partial charge on any atom is 0.248 e. The van der Waals surface area contributed by atoms with E-state index in [1.807, 2.05) is 6.07 Å². The Bertz CT molecular complexity index is 774. The molecule has 1 aromatic heterocycles. The van der Waals surface area contributed by atoms with E-state index >= 15 is 0 Å². The van der Waals surface area contributed by atoms with Crippen LogP contribution in [0.25, 0.3) is 6.08 Å². The Labute approximate surface area is 125 Å². The summed E-state index contributed by atoms with van der Waals surface area (Å²) in [5.41, 5.74) is 7.03. The molecule has 106 valence electrons. The topological polar surface area (TPSA) is 110 Å². The third-order valence-corrected chi connectivity index (χ3v) is 2.94. The highest BCUT2D eigenvalue weighted by Crippen LogP contribution is 2.27.